The topological polar surface area (TPSA) is 98.0 Å². The lowest BCUT2D eigenvalue weighted by Gasteiger charge is -2.11. The van der Waals surface area contributed by atoms with Crippen molar-refractivity contribution in [2.75, 3.05) is 0 Å². The van der Waals surface area contributed by atoms with Gasteiger partial charge in [0, 0.05) is 6.42 Å². The molecule has 0 aromatic heterocycles. The maximum Gasteiger partial charge on any atom is 0.303 e. The van der Waals surface area contributed by atoms with E-state index >= 15 is 0 Å². The van der Waals surface area contributed by atoms with E-state index in [1.807, 2.05) is 19.1 Å². The zero-order chi connectivity index (χ0) is 20.3. The Labute approximate surface area is 162 Å². The van der Waals surface area contributed by atoms with E-state index in [4.69, 9.17) is 5.11 Å². The smallest absolute Gasteiger partial charge is 0.303 e. The van der Waals surface area contributed by atoms with Crippen LogP contribution in [0.3, 0.4) is 0 Å². The van der Waals surface area contributed by atoms with Crippen LogP contribution in [0.5, 0.6) is 0 Å². The lowest BCUT2D eigenvalue weighted by Crippen LogP contribution is -2.22. The molecule has 0 aromatic rings. The van der Waals surface area contributed by atoms with Crippen molar-refractivity contribution in [1.29, 1.82) is 0 Å². The minimum absolute atomic E-state index is 0.0530. The summed E-state index contributed by atoms with van der Waals surface area (Å²) in [5.41, 5.74) is 0. The van der Waals surface area contributed by atoms with Crippen molar-refractivity contribution >= 4 is 5.97 Å². The Morgan fingerprint density at radius 2 is 1.41 bits per heavy atom. The predicted molar refractivity (Wildman–Crippen MR) is 109 cm³/mol. The summed E-state index contributed by atoms with van der Waals surface area (Å²) in [5.74, 6) is -0.861. The quantitative estimate of drug-likeness (QED) is 0.275. The second kappa shape index (κ2) is 17.2. The highest BCUT2D eigenvalue weighted by atomic mass is 16.4. The van der Waals surface area contributed by atoms with E-state index in [9.17, 15) is 20.1 Å². The summed E-state index contributed by atoms with van der Waals surface area (Å²) < 4.78 is 0. The summed E-state index contributed by atoms with van der Waals surface area (Å²) in [6.45, 7) is 2.05. The molecule has 0 aromatic carbocycles. The second-order valence-electron chi connectivity index (χ2n) is 5.92. The number of hydrogen-bond donors (Lipinski definition) is 4. The lowest BCUT2D eigenvalue weighted by molar-refractivity contribution is -0.136. The van der Waals surface area contributed by atoms with E-state index < -0.39 is 24.3 Å². The van der Waals surface area contributed by atoms with Gasteiger partial charge in [-0.2, -0.15) is 0 Å². The van der Waals surface area contributed by atoms with Crippen LogP contribution >= 0.6 is 0 Å². The molecule has 3 atom stereocenters. The van der Waals surface area contributed by atoms with Gasteiger partial charge in [0.05, 0.1) is 18.3 Å². The summed E-state index contributed by atoms with van der Waals surface area (Å²) in [5, 5.41) is 37.7. The van der Waals surface area contributed by atoms with Crippen LogP contribution in [0.25, 0.3) is 0 Å². The molecule has 0 heterocycles. The van der Waals surface area contributed by atoms with E-state index in [2.05, 4.69) is 0 Å². The van der Waals surface area contributed by atoms with Gasteiger partial charge in [-0.15, -0.1) is 0 Å². The van der Waals surface area contributed by atoms with Gasteiger partial charge in [-0.3, -0.25) is 4.79 Å². The van der Waals surface area contributed by atoms with Crippen LogP contribution in [0.1, 0.15) is 39.0 Å². The Hall–Kier alpha value is -2.21. The number of carboxylic acids is 1. The van der Waals surface area contributed by atoms with Gasteiger partial charge in [-0.25, -0.2) is 0 Å². The van der Waals surface area contributed by atoms with Crippen LogP contribution in [-0.2, 0) is 4.79 Å². The van der Waals surface area contributed by atoms with Crippen LogP contribution in [0, 0.1) is 0 Å². The van der Waals surface area contributed by atoms with E-state index in [0.29, 0.717) is 12.8 Å². The SMILES string of the molecule is CC/C=C\C[C@@H](O)/C=C/C=C/C=C\C=C/[C@@H](O)[C@H](O)C/C=C\CCC(=O)O. The molecule has 0 radical (unpaired) electrons. The average molecular weight is 376 g/mol. The number of aliphatic carboxylic acids is 1. The number of hydrogen-bond acceptors (Lipinski definition) is 4. The van der Waals surface area contributed by atoms with Gasteiger partial charge in [-0.05, 0) is 25.7 Å². The summed E-state index contributed by atoms with van der Waals surface area (Å²) in [4.78, 5) is 10.4. The molecule has 0 saturated heterocycles. The molecule has 5 heteroatoms. The molecule has 0 spiro atoms. The van der Waals surface area contributed by atoms with Crippen LogP contribution in [-0.4, -0.2) is 44.7 Å². The maximum absolute atomic E-state index is 10.4. The Kier molecular flexibility index (Phi) is 15.8. The number of aliphatic hydroxyl groups excluding tert-OH is 3. The average Bonchev–Trinajstić information content (AvgIpc) is 2.63. The predicted octanol–water partition coefficient (Wildman–Crippen LogP) is 3.46. The van der Waals surface area contributed by atoms with Crippen molar-refractivity contribution in [1.82, 2.24) is 0 Å². The van der Waals surface area contributed by atoms with Crippen molar-refractivity contribution in [3.05, 3.63) is 72.9 Å². The summed E-state index contributed by atoms with van der Waals surface area (Å²) in [6, 6.07) is 0. The number of allylic oxidation sites excluding steroid dienone is 8. The van der Waals surface area contributed by atoms with Gasteiger partial charge in [0.15, 0.2) is 0 Å². The van der Waals surface area contributed by atoms with E-state index in [1.54, 1.807) is 54.7 Å². The van der Waals surface area contributed by atoms with Crippen molar-refractivity contribution in [3.63, 3.8) is 0 Å². The molecule has 0 unspecified atom stereocenters. The monoisotopic (exact) mass is 376 g/mol. The van der Waals surface area contributed by atoms with Crippen molar-refractivity contribution in [2.24, 2.45) is 0 Å². The molecule has 0 aliphatic carbocycles. The molecular weight excluding hydrogens is 344 g/mol. The van der Waals surface area contributed by atoms with Crippen LogP contribution < -0.4 is 0 Å². The van der Waals surface area contributed by atoms with Crippen molar-refractivity contribution < 1.29 is 25.2 Å². The Balaban J connectivity index is 4.06. The largest absolute Gasteiger partial charge is 0.481 e. The first-order valence-corrected chi connectivity index (χ1v) is 9.21. The van der Waals surface area contributed by atoms with Gasteiger partial charge in [0.25, 0.3) is 0 Å². The lowest BCUT2D eigenvalue weighted by atomic mass is 10.1. The molecule has 0 fully saturated rings. The minimum atomic E-state index is -0.992. The standard InChI is InChI=1S/C22H32O5/c1-2-3-9-14-19(23)15-10-6-4-5-7-11-16-20(24)21(25)17-12-8-13-18-22(26)27/h3-12,15-16,19-21,23-25H,2,13-14,17-18H2,1H3,(H,26,27)/b6-4+,7-5-,9-3-,12-8-,15-10+,16-11-/t19-,20-,21-/m1/s1. The molecule has 150 valence electrons. The highest BCUT2D eigenvalue weighted by Crippen LogP contribution is 2.03. The highest BCUT2D eigenvalue weighted by Gasteiger charge is 2.10. The zero-order valence-electron chi connectivity index (χ0n) is 15.9. The fraction of sp³-hybridized carbons (Fsp3) is 0.409. The Bertz CT molecular complexity index is 555. The van der Waals surface area contributed by atoms with E-state index in [0.717, 1.165) is 6.42 Å². The normalized spacial score (nSPS) is 16.6. The van der Waals surface area contributed by atoms with E-state index in [1.165, 1.54) is 6.08 Å². The number of rotatable bonds is 14. The van der Waals surface area contributed by atoms with Crippen LogP contribution in [0.15, 0.2) is 72.9 Å². The summed E-state index contributed by atoms with van der Waals surface area (Å²) in [6.07, 6.45) is 20.9. The van der Waals surface area contributed by atoms with E-state index in [-0.39, 0.29) is 12.8 Å². The summed E-state index contributed by atoms with van der Waals surface area (Å²) in [7, 11) is 0. The van der Waals surface area contributed by atoms with Crippen LogP contribution in [0.2, 0.25) is 0 Å². The number of carbonyl (C=O) groups is 1. The number of carboxylic acid groups (broad SMARTS) is 1. The third-order valence-electron chi connectivity index (χ3n) is 3.44. The van der Waals surface area contributed by atoms with Gasteiger partial charge in [-0.1, -0.05) is 79.8 Å². The van der Waals surface area contributed by atoms with Gasteiger partial charge < -0.3 is 20.4 Å². The molecule has 0 aliphatic rings. The van der Waals surface area contributed by atoms with Crippen molar-refractivity contribution in [3.8, 4) is 0 Å². The Morgan fingerprint density at radius 3 is 2.04 bits per heavy atom. The molecule has 4 N–H and O–H groups in total. The summed E-state index contributed by atoms with van der Waals surface area (Å²) >= 11 is 0. The highest BCUT2D eigenvalue weighted by molar-refractivity contribution is 5.66. The van der Waals surface area contributed by atoms with Crippen molar-refractivity contribution in [2.45, 2.75) is 57.3 Å². The third-order valence-corrected chi connectivity index (χ3v) is 3.44. The molecule has 27 heavy (non-hydrogen) atoms. The van der Waals surface area contributed by atoms with Gasteiger partial charge >= 0.3 is 5.97 Å². The number of aliphatic hydroxyl groups is 3. The Morgan fingerprint density at radius 1 is 0.815 bits per heavy atom. The molecule has 0 rings (SSSR count). The van der Waals surface area contributed by atoms with Crippen LogP contribution in [0.4, 0.5) is 0 Å². The zero-order valence-corrected chi connectivity index (χ0v) is 15.9. The molecule has 5 nitrogen and oxygen atoms in total. The first kappa shape index (κ1) is 24.8. The molecule has 0 bridgehead atoms. The first-order chi connectivity index (χ1) is 13.0. The minimum Gasteiger partial charge on any atom is -0.481 e. The molecule has 0 amide bonds. The van der Waals surface area contributed by atoms with Gasteiger partial charge in [0.1, 0.15) is 0 Å². The molecule has 0 saturated carbocycles. The first-order valence-electron chi connectivity index (χ1n) is 9.21. The molecular formula is C22H32O5. The fourth-order valence-electron chi connectivity index (χ4n) is 1.94. The molecule has 0 aliphatic heterocycles. The fourth-order valence-corrected chi connectivity index (χ4v) is 1.94. The van der Waals surface area contributed by atoms with Gasteiger partial charge in [0.2, 0.25) is 0 Å². The third kappa shape index (κ3) is 17.0. The maximum atomic E-state index is 10.4. The second-order valence-corrected chi connectivity index (χ2v) is 5.92.